The molecule has 0 aliphatic rings. The van der Waals surface area contributed by atoms with Crippen LogP contribution in [0.4, 0.5) is 0 Å². The predicted octanol–water partition coefficient (Wildman–Crippen LogP) is 0.783. The number of carbonyl (C=O) groups is 1. The summed E-state index contributed by atoms with van der Waals surface area (Å²) < 4.78 is 25.5. The zero-order valence-corrected chi connectivity index (χ0v) is 9.40. The lowest BCUT2D eigenvalue weighted by Crippen LogP contribution is -2.02. The highest BCUT2D eigenvalue weighted by Gasteiger charge is 2.00. The van der Waals surface area contributed by atoms with Crippen LogP contribution in [0.15, 0.2) is 24.1 Å². The lowest BCUT2D eigenvalue weighted by molar-refractivity contribution is -0.124. The van der Waals surface area contributed by atoms with Crippen LogP contribution in [-0.4, -0.2) is 26.0 Å². The van der Waals surface area contributed by atoms with Crippen molar-refractivity contribution < 1.29 is 18.3 Å². The topological polar surface area (TPSA) is 79.3 Å². The van der Waals surface area contributed by atoms with Crippen LogP contribution < -0.4 is 0 Å². The van der Waals surface area contributed by atoms with Crippen LogP contribution in [0.1, 0.15) is 11.3 Å². The molecule has 0 bridgehead atoms. The molecule has 1 aromatic heterocycles. The van der Waals surface area contributed by atoms with E-state index in [1.165, 1.54) is 6.08 Å². The summed E-state index contributed by atoms with van der Waals surface area (Å²) in [6.07, 6.45) is 3.08. The number of aryl methyl sites for hydroxylation is 1. The fourth-order valence-electron chi connectivity index (χ4n) is 1.13. The summed E-state index contributed by atoms with van der Waals surface area (Å²) in [5, 5.41) is 0. The van der Waals surface area contributed by atoms with Gasteiger partial charge in [-0.1, -0.05) is 0 Å². The van der Waals surface area contributed by atoms with Crippen molar-refractivity contribution in [3.63, 3.8) is 0 Å². The van der Waals surface area contributed by atoms with Gasteiger partial charge in [-0.25, -0.2) is 0 Å². The number of hydrogen-bond acceptors (Lipinski definition) is 5. The number of hydrogen-bond donors (Lipinski definition) is 0. The molecule has 0 saturated carbocycles. The van der Waals surface area contributed by atoms with Gasteiger partial charge in [0.25, 0.3) is 6.47 Å². The molecule has 6 heteroatoms. The van der Waals surface area contributed by atoms with Gasteiger partial charge in [-0.2, -0.15) is 0 Å². The lowest BCUT2D eigenvalue weighted by atomic mass is 10.2. The molecule has 0 N–H and O–H groups in total. The number of rotatable bonds is 5. The van der Waals surface area contributed by atoms with E-state index in [9.17, 15) is 13.6 Å². The Kier molecular flexibility index (Phi) is 4.81. The molecule has 0 saturated heterocycles. The van der Waals surface area contributed by atoms with Gasteiger partial charge in [0.1, 0.15) is 5.76 Å². The Bertz CT molecular complexity index is 431. The molecule has 16 heavy (non-hydrogen) atoms. The fourth-order valence-corrected chi connectivity index (χ4v) is 1.51. The van der Waals surface area contributed by atoms with Crippen LogP contribution in [0.3, 0.4) is 0 Å². The molecule has 1 aromatic rings. The maximum absolute atomic E-state index is 10.5. The van der Waals surface area contributed by atoms with Crippen LogP contribution in [0.5, 0.6) is 0 Å². The third-order valence-electron chi connectivity index (χ3n) is 1.71. The number of ether oxygens (including phenoxy) is 1. The van der Waals surface area contributed by atoms with Crippen LogP contribution in [0, 0.1) is 6.92 Å². The van der Waals surface area contributed by atoms with Crippen molar-refractivity contribution in [1.82, 2.24) is 4.98 Å². The third kappa shape index (κ3) is 4.33. The molecule has 0 spiro atoms. The zero-order valence-electron chi connectivity index (χ0n) is 8.58. The number of carbonyl (C=O) groups excluding carboxylic acids is 1. The fraction of sp³-hybridized carbons (Fsp3) is 0.200. The van der Waals surface area contributed by atoms with Crippen LogP contribution >= 0.6 is 0 Å². The molecule has 0 fully saturated rings. The molecule has 0 aromatic carbocycles. The van der Waals surface area contributed by atoms with Gasteiger partial charge in [-0.15, -0.1) is 0 Å². The van der Waals surface area contributed by atoms with Gasteiger partial charge in [0, 0.05) is 11.9 Å². The highest BCUT2D eigenvalue weighted by atomic mass is 32.2. The van der Waals surface area contributed by atoms with E-state index in [1.54, 1.807) is 18.3 Å². The highest BCUT2D eigenvalue weighted by Crippen LogP contribution is 2.08. The molecule has 0 aliphatic carbocycles. The molecule has 0 amide bonds. The number of nitrogens with zero attached hydrogens (tertiary/aromatic N) is 1. The summed E-state index contributed by atoms with van der Waals surface area (Å²) in [4.78, 5) is 14.2. The van der Waals surface area contributed by atoms with E-state index >= 15 is 0 Å². The molecule has 1 heterocycles. The van der Waals surface area contributed by atoms with E-state index < -0.39 is 11.1 Å². The smallest absolute Gasteiger partial charge is 0.298 e. The van der Waals surface area contributed by atoms with E-state index in [2.05, 4.69) is 9.72 Å². The molecule has 5 nitrogen and oxygen atoms in total. The van der Waals surface area contributed by atoms with Crippen molar-refractivity contribution in [3.8, 4) is 0 Å². The average Bonchev–Trinajstić information content (AvgIpc) is 2.16. The van der Waals surface area contributed by atoms with Gasteiger partial charge >= 0.3 is 0 Å². The van der Waals surface area contributed by atoms with Crippen LogP contribution in [0.25, 0.3) is 6.08 Å². The summed E-state index contributed by atoms with van der Waals surface area (Å²) in [5.74, 6) is -0.256. The molecule has 1 rings (SSSR count). The summed E-state index contributed by atoms with van der Waals surface area (Å²) >= 11 is -2.29. The maximum atomic E-state index is 10.5. The number of aromatic nitrogens is 1. The first-order valence-electron chi connectivity index (χ1n) is 4.41. The maximum Gasteiger partial charge on any atom is 0.298 e. The van der Waals surface area contributed by atoms with Crippen molar-refractivity contribution in [1.29, 1.82) is 0 Å². The first kappa shape index (κ1) is 12.5. The predicted molar refractivity (Wildman–Crippen MR) is 57.9 cm³/mol. The van der Waals surface area contributed by atoms with Crippen LogP contribution in [0.2, 0.25) is 0 Å². The lowest BCUT2D eigenvalue weighted by Gasteiger charge is -2.07. The monoisotopic (exact) mass is 240 g/mol. The summed E-state index contributed by atoms with van der Waals surface area (Å²) in [6, 6.07) is 3.44. The normalized spacial score (nSPS) is 13.2. The standard InChI is InChI=1S/C10H11NO4S/c1-8-4-9(2-3-11-8)5-10(15-7-12)6-16(13)14/h2-5,7H,6H2,1H3,(H,13,14)/p-1. The minimum Gasteiger partial charge on any atom is -0.772 e. The molecular weight excluding hydrogens is 230 g/mol. The largest absolute Gasteiger partial charge is 0.772 e. The van der Waals surface area contributed by atoms with Gasteiger partial charge < -0.3 is 9.29 Å². The highest BCUT2D eigenvalue weighted by molar-refractivity contribution is 7.79. The molecule has 0 radical (unpaired) electrons. The molecule has 1 atom stereocenters. The van der Waals surface area contributed by atoms with E-state index in [-0.39, 0.29) is 18.0 Å². The van der Waals surface area contributed by atoms with Gasteiger partial charge in [0.15, 0.2) is 0 Å². The Morgan fingerprint density at radius 3 is 3.00 bits per heavy atom. The Balaban J connectivity index is 2.91. The quantitative estimate of drug-likeness (QED) is 0.431. The zero-order chi connectivity index (χ0) is 12.0. The molecule has 86 valence electrons. The third-order valence-corrected chi connectivity index (χ3v) is 2.23. The first-order chi connectivity index (χ1) is 7.61. The Labute approximate surface area is 95.4 Å². The Hall–Kier alpha value is -1.53. The second-order valence-corrected chi connectivity index (χ2v) is 3.90. The average molecular weight is 240 g/mol. The van der Waals surface area contributed by atoms with Gasteiger partial charge in [0.05, 0.1) is 5.75 Å². The van der Waals surface area contributed by atoms with Crippen molar-refractivity contribution in [2.24, 2.45) is 0 Å². The van der Waals surface area contributed by atoms with Gasteiger partial charge in [-0.3, -0.25) is 14.0 Å². The van der Waals surface area contributed by atoms with Gasteiger partial charge in [-0.05, 0) is 41.8 Å². The van der Waals surface area contributed by atoms with E-state index in [0.717, 1.165) is 11.3 Å². The van der Waals surface area contributed by atoms with E-state index in [4.69, 9.17) is 0 Å². The Morgan fingerprint density at radius 1 is 1.69 bits per heavy atom. The molecular formula is C10H10NO4S-. The van der Waals surface area contributed by atoms with Crippen LogP contribution in [-0.2, 0) is 20.6 Å². The number of pyridine rings is 1. The minimum atomic E-state index is -2.29. The van der Waals surface area contributed by atoms with Crippen molar-refractivity contribution in [2.45, 2.75) is 6.92 Å². The van der Waals surface area contributed by atoms with Crippen molar-refractivity contribution in [2.75, 3.05) is 5.75 Å². The summed E-state index contributed by atoms with van der Waals surface area (Å²) in [6.45, 7) is 2.01. The molecule has 1 unspecified atom stereocenters. The summed E-state index contributed by atoms with van der Waals surface area (Å²) in [7, 11) is 0. The second kappa shape index (κ2) is 6.14. The minimum absolute atomic E-state index is 0.0777. The SMILES string of the molecule is Cc1cc(C=C(CS(=O)[O-])OC=O)ccn1. The summed E-state index contributed by atoms with van der Waals surface area (Å²) in [5.41, 5.74) is 1.53. The van der Waals surface area contributed by atoms with Gasteiger partial charge in [0.2, 0.25) is 0 Å². The first-order valence-corrected chi connectivity index (χ1v) is 5.65. The van der Waals surface area contributed by atoms with Crippen molar-refractivity contribution in [3.05, 3.63) is 35.3 Å². The van der Waals surface area contributed by atoms with Crippen molar-refractivity contribution >= 4 is 23.6 Å². The second-order valence-electron chi connectivity index (χ2n) is 3.00. The van der Waals surface area contributed by atoms with E-state index in [0.29, 0.717) is 0 Å². The molecule has 0 aliphatic heterocycles. The Morgan fingerprint density at radius 2 is 2.44 bits per heavy atom. The van der Waals surface area contributed by atoms with E-state index in [1.807, 2.05) is 6.92 Å².